The number of methoxy groups -OCH3 is 1. The number of carbonyl (C=O) groups excluding carboxylic acids is 1. The van der Waals surface area contributed by atoms with Crippen LogP contribution in [0.4, 0.5) is 13.2 Å². The summed E-state index contributed by atoms with van der Waals surface area (Å²) in [7, 11) is 1.37. The fourth-order valence-corrected chi connectivity index (χ4v) is 4.78. The first-order valence-electron chi connectivity index (χ1n) is 12.0. The average Bonchev–Trinajstić information content (AvgIpc) is 3.12. The van der Waals surface area contributed by atoms with Gasteiger partial charge in [0.15, 0.2) is 0 Å². The van der Waals surface area contributed by atoms with Crippen molar-refractivity contribution in [1.82, 2.24) is 0 Å². The van der Waals surface area contributed by atoms with Crippen molar-refractivity contribution in [2.75, 3.05) is 7.11 Å². The zero-order chi connectivity index (χ0) is 25.1. The van der Waals surface area contributed by atoms with Crippen molar-refractivity contribution in [2.24, 2.45) is 17.0 Å². The van der Waals surface area contributed by atoms with Crippen molar-refractivity contribution < 1.29 is 38.1 Å². The van der Waals surface area contributed by atoms with Crippen LogP contribution >= 0.6 is 0 Å². The maximum absolute atomic E-state index is 12.9. The molecule has 1 saturated carbocycles. The number of aryl methyl sites for hydroxylation is 1. The van der Waals surface area contributed by atoms with Gasteiger partial charge in [-0.15, -0.1) is 0 Å². The van der Waals surface area contributed by atoms with Gasteiger partial charge in [0.1, 0.15) is 0 Å². The number of hydrogen-bond acceptors (Lipinski definition) is 6. The van der Waals surface area contributed by atoms with Crippen LogP contribution in [-0.4, -0.2) is 46.4 Å². The summed E-state index contributed by atoms with van der Waals surface area (Å²) in [6, 6.07) is 5.12. The van der Waals surface area contributed by atoms with E-state index in [1.54, 1.807) is 6.07 Å². The lowest BCUT2D eigenvalue weighted by atomic mass is 9.84. The van der Waals surface area contributed by atoms with Crippen LogP contribution in [0.5, 0.6) is 0 Å². The van der Waals surface area contributed by atoms with E-state index in [0.29, 0.717) is 49.8 Å². The predicted octanol–water partition coefficient (Wildman–Crippen LogP) is 5.12. The van der Waals surface area contributed by atoms with Crippen LogP contribution in [0.15, 0.2) is 29.4 Å². The summed E-state index contributed by atoms with van der Waals surface area (Å²) in [6.07, 6.45) is 0.771. The Kier molecular flexibility index (Phi) is 11.3. The number of unbranched alkanes of at least 4 members (excludes halogenated alkanes) is 3. The van der Waals surface area contributed by atoms with Gasteiger partial charge >= 0.3 is 12.1 Å². The Morgan fingerprint density at radius 3 is 2.59 bits per heavy atom. The molecule has 1 aromatic carbocycles. The number of aliphatic hydroxyl groups excluding tert-OH is 2. The van der Waals surface area contributed by atoms with Crippen LogP contribution in [0, 0.1) is 11.8 Å². The number of nitrogens with zero attached hydrogens (tertiary/aromatic N) is 1. The molecule has 1 aromatic rings. The summed E-state index contributed by atoms with van der Waals surface area (Å²) < 4.78 is 43.2. The normalized spacial score (nSPS) is 22.8. The summed E-state index contributed by atoms with van der Waals surface area (Å²) in [5.41, 5.74) is 0.359. The topological polar surface area (TPSA) is 99.4 Å². The van der Waals surface area contributed by atoms with E-state index in [-0.39, 0.29) is 17.8 Å². The lowest BCUT2D eigenvalue weighted by Gasteiger charge is -2.23. The minimum absolute atomic E-state index is 0.0674. The van der Waals surface area contributed by atoms with Gasteiger partial charge in [0.25, 0.3) is 0 Å². The van der Waals surface area contributed by atoms with Gasteiger partial charge in [0.05, 0.1) is 30.6 Å². The second kappa shape index (κ2) is 13.7. The lowest BCUT2D eigenvalue weighted by Crippen LogP contribution is -2.22. The van der Waals surface area contributed by atoms with Gasteiger partial charge in [-0.05, 0) is 56.1 Å². The summed E-state index contributed by atoms with van der Waals surface area (Å²) in [5, 5.41) is 33.6. The van der Waals surface area contributed by atoms with Crippen LogP contribution in [-0.2, 0) is 22.1 Å². The zero-order valence-electron chi connectivity index (χ0n) is 19.6. The van der Waals surface area contributed by atoms with Gasteiger partial charge in [-0.2, -0.15) is 13.2 Å². The van der Waals surface area contributed by atoms with Crippen molar-refractivity contribution in [2.45, 2.75) is 89.0 Å². The average molecular weight is 488 g/mol. The van der Waals surface area contributed by atoms with Crippen molar-refractivity contribution in [3.8, 4) is 0 Å². The summed E-state index contributed by atoms with van der Waals surface area (Å²) in [5.74, 6) is -0.429. The molecule has 1 aliphatic carbocycles. The highest BCUT2D eigenvalue weighted by Gasteiger charge is 2.39. The number of esters is 1. The van der Waals surface area contributed by atoms with E-state index in [2.05, 4.69) is 9.89 Å². The van der Waals surface area contributed by atoms with Crippen LogP contribution < -0.4 is 0 Å². The number of rotatable bonds is 13. The Hall–Kier alpha value is -2.13. The third kappa shape index (κ3) is 8.91. The summed E-state index contributed by atoms with van der Waals surface area (Å²) in [4.78, 5) is 11.2. The van der Waals surface area contributed by atoms with E-state index in [1.165, 1.54) is 13.2 Å². The van der Waals surface area contributed by atoms with E-state index in [4.69, 9.17) is 0 Å². The molecule has 6 nitrogen and oxygen atoms in total. The minimum Gasteiger partial charge on any atom is -0.469 e. The molecular formula is C25H36F3NO5. The van der Waals surface area contributed by atoms with Crippen LogP contribution in [0.3, 0.4) is 0 Å². The molecule has 0 saturated heterocycles. The third-order valence-electron chi connectivity index (χ3n) is 6.71. The Morgan fingerprint density at radius 1 is 1.18 bits per heavy atom. The largest absolute Gasteiger partial charge is 0.469 e. The number of halogens is 3. The molecule has 0 spiro atoms. The lowest BCUT2D eigenvalue weighted by molar-refractivity contribution is -0.140. The van der Waals surface area contributed by atoms with E-state index in [1.807, 2.05) is 0 Å². The Labute approximate surface area is 198 Å². The second-order valence-electron chi connectivity index (χ2n) is 9.13. The Morgan fingerprint density at radius 2 is 1.91 bits per heavy atom. The molecule has 0 aliphatic heterocycles. The molecule has 0 heterocycles. The van der Waals surface area contributed by atoms with E-state index < -0.39 is 23.9 Å². The molecule has 192 valence electrons. The van der Waals surface area contributed by atoms with Gasteiger partial charge < -0.3 is 20.2 Å². The standard InChI is InChI=1S/C25H36F3NO5/c1-34-24(32)10-5-3-2-4-9-21-20(22(29-33)16-23(21)31)14-13-19(30)12-11-17-7-6-8-18(15-17)25(26,27)28/h6-8,15,19-21,23,30-31,33H,2-5,9-14,16H2,1H3/b29-22+. The molecule has 4 unspecified atom stereocenters. The highest BCUT2D eigenvalue weighted by atomic mass is 19.4. The predicted molar refractivity (Wildman–Crippen MR) is 122 cm³/mol. The van der Waals surface area contributed by atoms with Crippen molar-refractivity contribution in [3.63, 3.8) is 0 Å². The third-order valence-corrected chi connectivity index (χ3v) is 6.71. The molecule has 0 aromatic heterocycles. The van der Waals surface area contributed by atoms with Gasteiger partial charge in [-0.1, -0.05) is 42.6 Å². The smallest absolute Gasteiger partial charge is 0.416 e. The van der Waals surface area contributed by atoms with Crippen molar-refractivity contribution in [1.29, 1.82) is 0 Å². The van der Waals surface area contributed by atoms with Crippen LogP contribution in [0.1, 0.15) is 75.3 Å². The van der Waals surface area contributed by atoms with Crippen molar-refractivity contribution in [3.05, 3.63) is 35.4 Å². The van der Waals surface area contributed by atoms with E-state index in [0.717, 1.165) is 44.2 Å². The zero-order valence-corrected chi connectivity index (χ0v) is 19.6. The SMILES string of the molecule is COC(=O)CCCCCCC1C(O)C/C(=N\O)C1CCC(O)CCc1cccc(C(F)(F)F)c1. The number of alkyl halides is 3. The highest BCUT2D eigenvalue weighted by Crippen LogP contribution is 2.37. The molecule has 9 heteroatoms. The molecular weight excluding hydrogens is 451 g/mol. The molecule has 0 radical (unpaired) electrons. The number of benzene rings is 1. The van der Waals surface area contributed by atoms with Gasteiger partial charge in [0.2, 0.25) is 0 Å². The summed E-state index contributed by atoms with van der Waals surface area (Å²) in [6.45, 7) is 0. The number of hydrogen-bond donors (Lipinski definition) is 3. The molecule has 0 amide bonds. The molecule has 2 rings (SSSR count). The molecule has 34 heavy (non-hydrogen) atoms. The molecule has 1 fully saturated rings. The van der Waals surface area contributed by atoms with E-state index >= 15 is 0 Å². The van der Waals surface area contributed by atoms with Gasteiger partial charge in [-0.25, -0.2) is 0 Å². The first kappa shape index (κ1) is 28.1. The Balaban J connectivity index is 1.80. The number of oxime groups is 1. The summed E-state index contributed by atoms with van der Waals surface area (Å²) >= 11 is 0. The quantitative estimate of drug-likeness (QED) is 0.155. The first-order chi connectivity index (χ1) is 16.2. The number of carbonyl (C=O) groups is 1. The molecule has 3 N–H and O–H groups in total. The highest BCUT2D eigenvalue weighted by molar-refractivity contribution is 5.89. The van der Waals surface area contributed by atoms with E-state index in [9.17, 15) is 33.4 Å². The monoisotopic (exact) mass is 487 g/mol. The molecule has 0 bridgehead atoms. The molecule has 4 atom stereocenters. The first-order valence-corrected chi connectivity index (χ1v) is 12.0. The molecule has 1 aliphatic rings. The van der Waals surface area contributed by atoms with Crippen LogP contribution in [0.25, 0.3) is 0 Å². The maximum Gasteiger partial charge on any atom is 0.416 e. The van der Waals surface area contributed by atoms with Gasteiger partial charge in [0, 0.05) is 18.8 Å². The number of ether oxygens (including phenoxy) is 1. The number of aliphatic hydroxyl groups is 2. The Bertz CT molecular complexity index is 799. The van der Waals surface area contributed by atoms with Crippen molar-refractivity contribution >= 4 is 11.7 Å². The fraction of sp³-hybridized carbons (Fsp3) is 0.680. The maximum atomic E-state index is 12.9. The second-order valence-corrected chi connectivity index (χ2v) is 9.13. The van der Waals surface area contributed by atoms with Gasteiger partial charge in [-0.3, -0.25) is 4.79 Å². The fourth-order valence-electron chi connectivity index (χ4n) is 4.78. The van der Waals surface area contributed by atoms with Crippen LogP contribution in [0.2, 0.25) is 0 Å². The minimum atomic E-state index is -4.39.